The quantitative estimate of drug-likeness (QED) is 0.736. The van der Waals surface area contributed by atoms with E-state index < -0.39 is 0 Å². The van der Waals surface area contributed by atoms with E-state index in [0.29, 0.717) is 5.02 Å². The molecule has 2 N–H and O–H groups in total. The molecule has 0 saturated heterocycles. The van der Waals surface area contributed by atoms with E-state index in [0.717, 1.165) is 18.5 Å². The predicted octanol–water partition coefficient (Wildman–Crippen LogP) is 4.43. The molecule has 18 heavy (non-hydrogen) atoms. The second kappa shape index (κ2) is 7.98. The molecule has 1 rings (SSSR count). The van der Waals surface area contributed by atoms with Crippen molar-refractivity contribution in [1.29, 1.82) is 0 Å². The fourth-order valence-electron chi connectivity index (χ4n) is 1.70. The summed E-state index contributed by atoms with van der Waals surface area (Å²) in [4.78, 5) is 11.7. The minimum Gasteiger partial charge on any atom is -0.335 e. The first-order valence-electron chi connectivity index (χ1n) is 6.45. The van der Waals surface area contributed by atoms with Gasteiger partial charge in [-0.15, -0.1) is 0 Å². The summed E-state index contributed by atoms with van der Waals surface area (Å²) in [6.45, 7) is 4.20. The normalized spacial score (nSPS) is 11.9. The van der Waals surface area contributed by atoms with Crippen LogP contribution in [0.1, 0.15) is 39.5 Å². The largest absolute Gasteiger partial charge is 0.335 e. The van der Waals surface area contributed by atoms with Gasteiger partial charge in [0.05, 0.1) is 0 Å². The Hall–Kier alpha value is -1.22. The van der Waals surface area contributed by atoms with Gasteiger partial charge in [0.2, 0.25) is 0 Å². The molecule has 3 nitrogen and oxygen atoms in total. The molecule has 0 aromatic heterocycles. The smallest absolute Gasteiger partial charge is 0.319 e. The van der Waals surface area contributed by atoms with E-state index in [4.69, 9.17) is 11.6 Å². The monoisotopic (exact) mass is 268 g/mol. The molecule has 0 aliphatic carbocycles. The number of unbranched alkanes of at least 4 members (excludes halogenated alkanes) is 2. The highest BCUT2D eigenvalue weighted by atomic mass is 35.5. The molecular weight excluding hydrogens is 248 g/mol. The Balaban J connectivity index is 2.30. The average molecular weight is 269 g/mol. The zero-order valence-corrected chi connectivity index (χ0v) is 11.8. The first-order valence-corrected chi connectivity index (χ1v) is 6.82. The summed E-state index contributed by atoms with van der Waals surface area (Å²) in [6.07, 6.45) is 4.58. The number of nitrogens with one attached hydrogen (secondary N) is 2. The molecule has 4 heteroatoms. The predicted molar refractivity (Wildman–Crippen MR) is 77.2 cm³/mol. The van der Waals surface area contributed by atoms with Crippen molar-refractivity contribution in [1.82, 2.24) is 5.32 Å². The molecule has 0 unspecified atom stereocenters. The first kappa shape index (κ1) is 14.8. The second-order valence-corrected chi connectivity index (χ2v) is 4.94. The number of halogens is 1. The summed E-state index contributed by atoms with van der Waals surface area (Å²) in [5.74, 6) is 0. The van der Waals surface area contributed by atoms with Gasteiger partial charge in [-0.3, -0.25) is 0 Å². The standard InChI is InChI=1S/C14H21ClN2O/c1-3-4-5-6-11(2)16-14(18)17-13-9-7-12(15)8-10-13/h7-11H,3-6H2,1-2H3,(H2,16,17,18)/t11-/m1/s1. The maximum atomic E-state index is 11.7. The molecular formula is C14H21ClN2O. The molecule has 0 saturated carbocycles. The van der Waals surface area contributed by atoms with Crippen molar-refractivity contribution in [2.75, 3.05) is 5.32 Å². The van der Waals surface area contributed by atoms with Crippen molar-refractivity contribution in [3.8, 4) is 0 Å². The summed E-state index contributed by atoms with van der Waals surface area (Å²) in [5.41, 5.74) is 0.748. The maximum Gasteiger partial charge on any atom is 0.319 e. The van der Waals surface area contributed by atoms with Crippen LogP contribution in [0.15, 0.2) is 24.3 Å². The van der Waals surface area contributed by atoms with Crippen LogP contribution in [0, 0.1) is 0 Å². The fraction of sp³-hybridized carbons (Fsp3) is 0.500. The number of hydrogen-bond donors (Lipinski definition) is 2. The Morgan fingerprint density at radius 3 is 2.56 bits per heavy atom. The Kier molecular flexibility index (Phi) is 6.58. The topological polar surface area (TPSA) is 41.1 Å². The van der Waals surface area contributed by atoms with Crippen molar-refractivity contribution < 1.29 is 4.79 Å². The van der Waals surface area contributed by atoms with E-state index in [1.165, 1.54) is 12.8 Å². The number of anilines is 1. The van der Waals surface area contributed by atoms with Crippen LogP contribution in [0.4, 0.5) is 10.5 Å². The number of benzene rings is 1. The Labute approximate surface area is 114 Å². The maximum absolute atomic E-state index is 11.7. The number of urea groups is 1. The fourth-order valence-corrected chi connectivity index (χ4v) is 1.82. The van der Waals surface area contributed by atoms with Gasteiger partial charge in [0.15, 0.2) is 0 Å². The third-order valence-electron chi connectivity index (χ3n) is 2.72. The zero-order valence-electron chi connectivity index (χ0n) is 11.0. The number of amides is 2. The van der Waals surface area contributed by atoms with E-state index in [1.807, 2.05) is 6.92 Å². The van der Waals surface area contributed by atoms with Crippen LogP contribution in [0.3, 0.4) is 0 Å². The molecule has 1 aromatic rings. The zero-order chi connectivity index (χ0) is 13.4. The summed E-state index contributed by atoms with van der Waals surface area (Å²) in [7, 11) is 0. The molecule has 0 fully saturated rings. The molecule has 0 radical (unpaired) electrons. The number of hydrogen-bond acceptors (Lipinski definition) is 1. The van der Waals surface area contributed by atoms with Crippen LogP contribution < -0.4 is 10.6 Å². The van der Waals surface area contributed by atoms with Gasteiger partial charge in [-0.25, -0.2) is 4.79 Å². The highest BCUT2D eigenvalue weighted by Gasteiger charge is 2.06. The Bertz CT molecular complexity index is 365. The Morgan fingerprint density at radius 2 is 1.94 bits per heavy atom. The van der Waals surface area contributed by atoms with Crippen molar-refractivity contribution in [2.45, 2.75) is 45.6 Å². The van der Waals surface area contributed by atoms with Crippen LogP contribution in [0.25, 0.3) is 0 Å². The number of carbonyl (C=O) groups excluding carboxylic acids is 1. The molecule has 0 heterocycles. The molecule has 1 aromatic carbocycles. The van der Waals surface area contributed by atoms with Gasteiger partial charge < -0.3 is 10.6 Å². The van der Waals surface area contributed by atoms with Gasteiger partial charge in [0, 0.05) is 16.8 Å². The number of rotatable bonds is 6. The van der Waals surface area contributed by atoms with Gasteiger partial charge >= 0.3 is 6.03 Å². The Morgan fingerprint density at radius 1 is 1.28 bits per heavy atom. The highest BCUT2D eigenvalue weighted by Crippen LogP contribution is 2.13. The SMILES string of the molecule is CCCCC[C@@H](C)NC(=O)Nc1ccc(Cl)cc1. The third kappa shape index (κ3) is 5.92. The van der Waals surface area contributed by atoms with Crippen LogP contribution in [-0.2, 0) is 0 Å². The average Bonchev–Trinajstić information content (AvgIpc) is 2.32. The van der Waals surface area contributed by atoms with E-state index in [-0.39, 0.29) is 12.1 Å². The molecule has 2 amide bonds. The van der Waals surface area contributed by atoms with Gasteiger partial charge in [-0.1, -0.05) is 37.8 Å². The minimum absolute atomic E-state index is 0.165. The molecule has 1 atom stereocenters. The first-order chi connectivity index (χ1) is 8.61. The third-order valence-corrected chi connectivity index (χ3v) is 2.97. The van der Waals surface area contributed by atoms with Gasteiger partial charge in [-0.2, -0.15) is 0 Å². The van der Waals surface area contributed by atoms with Crippen LogP contribution in [0.5, 0.6) is 0 Å². The molecule has 0 bridgehead atoms. The lowest BCUT2D eigenvalue weighted by molar-refractivity contribution is 0.248. The summed E-state index contributed by atoms with van der Waals surface area (Å²) in [5, 5.41) is 6.36. The summed E-state index contributed by atoms with van der Waals surface area (Å²) in [6, 6.07) is 7.10. The van der Waals surface area contributed by atoms with Crippen LogP contribution in [0.2, 0.25) is 5.02 Å². The lowest BCUT2D eigenvalue weighted by Gasteiger charge is -2.14. The van der Waals surface area contributed by atoms with Crippen LogP contribution in [-0.4, -0.2) is 12.1 Å². The van der Waals surface area contributed by atoms with Gasteiger partial charge in [-0.05, 0) is 37.6 Å². The van der Waals surface area contributed by atoms with Crippen molar-refractivity contribution in [2.24, 2.45) is 0 Å². The highest BCUT2D eigenvalue weighted by molar-refractivity contribution is 6.30. The summed E-state index contributed by atoms with van der Waals surface area (Å²) >= 11 is 5.78. The van der Waals surface area contributed by atoms with Gasteiger partial charge in [0.1, 0.15) is 0 Å². The van der Waals surface area contributed by atoms with E-state index in [9.17, 15) is 4.79 Å². The van der Waals surface area contributed by atoms with Crippen molar-refractivity contribution >= 4 is 23.3 Å². The minimum atomic E-state index is -0.165. The van der Waals surface area contributed by atoms with E-state index in [2.05, 4.69) is 17.6 Å². The molecule has 100 valence electrons. The van der Waals surface area contributed by atoms with Crippen molar-refractivity contribution in [3.05, 3.63) is 29.3 Å². The number of carbonyl (C=O) groups is 1. The van der Waals surface area contributed by atoms with Crippen LogP contribution >= 0.6 is 11.6 Å². The molecule has 0 aliphatic heterocycles. The summed E-state index contributed by atoms with van der Waals surface area (Å²) < 4.78 is 0. The van der Waals surface area contributed by atoms with Crippen molar-refractivity contribution in [3.63, 3.8) is 0 Å². The second-order valence-electron chi connectivity index (χ2n) is 4.50. The van der Waals surface area contributed by atoms with Gasteiger partial charge in [0.25, 0.3) is 0 Å². The van der Waals surface area contributed by atoms with E-state index in [1.54, 1.807) is 24.3 Å². The van der Waals surface area contributed by atoms with E-state index >= 15 is 0 Å². The molecule has 0 spiro atoms. The molecule has 0 aliphatic rings. The lowest BCUT2D eigenvalue weighted by atomic mass is 10.1. The lowest BCUT2D eigenvalue weighted by Crippen LogP contribution is -2.36.